The zero-order valence-electron chi connectivity index (χ0n) is 25.0. The molecule has 0 aromatic rings. The highest BCUT2D eigenvalue weighted by molar-refractivity contribution is 5.66. The summed E-state index contributed by atoms with van der Waals surface area (Å²) in [6.45, 7) is 17.5. The molecule has 6 nitrogen and oxygen atoms in total. The summed E-state index contributed by atoms with van der Waals surface area (Å²) in [5.41, 5.74) is -2.33. The first-order valence-electron chi connectivity index (χ1n) is 15.5. The largest absolute Gasteiger partial charge is 0.459 e. The quantitative estimate of drug-likeness (QED) is 0.385. The fourth-order valence-corrected chi connectivity index (χ4v) is 11.3. The zero-order valence-corrected chi connectivity index (χ0v) is 25.0. The van der Waals surface area contributed by atoms with Gasteiger partial charge in [-0.05, 0) is 85.4 Å². The monoisotopic (exact) mass is 534 g/mol. The molecule has 0 radical (unpaired) electrons. The number of aliphatic hydroxyl groups excluding tert-OH is 3. The van der Waals surface area contributed by atoms with Gasteiger partial charge in [0.05, 0.1) is 23.9 Å². The minimum atomic E-state index is -1.47. The van der Waals surface area contributed by atoms with Gasteiger partial charge in [0.25, 0.3) is 0 Å². The fraction of sp³-hybridized carbons (Fsp3) is 0.969. The molecule has 5 rings (SSSR count). The van der Waals surface area contributed by atoms with Crippen LogP contribution in [0.25, 0.3) is 0 Å². The van der Waals surface area contributed by atoms with Gasteiger partial charge in [0, 0.05) is 30.1 Å². The number of carbonyl (C=O) groups is 1. The van der Waals surface area contributed by atoms with Crippen LogP contribution in [0.2, 0.25) is 0 Å². The molecular formula is C32H54O6. The molecule has 0 saturated heterocycles. The van der Waals surface area contributed by atoms with Crippen molar-refractivity contribution in [3.05, 3.63) is 0 Å². The van der Waals surface area contributed by atoms with Crippen molar-refractivity contribution in [2.75, 3.05) is 0 Å². The van der Waals surface area contributed by atoms with Gasteiger partial charge in [0.1, 0.15) is 6.10 Å². The molecule has 0 heterocycles. The van der Waals surface area contributed by atoms with E-state index in [0.29, 0.717) is 54.3 Å². The number of rotatable bonds is 5. The third-order valence-corrected chi connectivity index (χ3v) is 13.9. The zero-order chi connectivity index (χ0) is 28.2. The molecule has 38 heavy (non-hydrogen) atoms. The van der Waals surface area contributed by atoms with Crippen LogP contribution in [-0.2, 0) is 9.53 Å². The van der Waals surface area contributed by atoms with E-state index < -0.39 is 46.8 Å². The van der Waals surface area contributed by atoms with Crippen LogP contribution in [0.1, 0.15) is 100 Å². The lowest BCUT2D eigenvalue weighted by Crippen LogP contribution is -2.74. The average Bonchev–Trinajstić information content (AvgIpc) is 3.39. The second-order valence-corrected chi connectivity index (χ2v) is 15.6. The summed E-state index contributed by atoms with van der Waals surface area (Å²) in [4.78, 5) is 12.5. The molecule has 0 bridgehead atoms. The SMILES string of the molecule is CC(=O)OC1C(O)C2(C)C(C(C)C3CC3(C)C(C)C(C)C)CCC2C2CC(O)C3(O)CC(O)CCC3(C)C21. The van der Waals surface area contributed by atoms with Crippen LogP contribution in [0.5, 0.6) is 0 Å². The Bertz CT molecular complexity index is 937. The first kappa shape index (κ1) is 28.8. The van der Waals surface area contributed by atoms with E-state index in [4.69, 9.17) is 4.74 Å². The molecule has 0 aliphatic heterocycles. The van der Waals surface area contributed by atoms with E-state index in [1.165, 1.54) is 13.3 Å². The number of carbonyl (C=O) groups excluding carboxylic acids is 1. The Kier molecular flexibility index (Phi) is 6.95. The van der Waals surface area contributed by atoms with Crippen molar-refractivity contribution in [3.8, 4) is 0 Å². The number of aliphatic hydroxyl groups is 4. The van der Waals surface area contributed by atoms with E-state index in [1.807, 2.05) is 6.92 Å². The maximum absolute atomic E-state index is 12.5. The first-order valence-corrected chi connectivity index (χ1v) is 15.5. The standard InChI is InChI=1S/C32H54O6/c1-16(2)18(4)29(6)15-24(29)17(3)22-9-10-23-21-13-25(35)32(37)14-20(34)11-12-30(32,7)26(21)27(38-19(5)33)28(36)31(22,23)8/h16-18,20-28,34-37H,9-15H2,1-8H3. The molecule has 15 atom stereocenters. The Hall–Kier alpha value is -0.690. The fourth-order valence-electron chi connectivity index (χ4n) is 11.3. The molecule has 5 saturated carbocycles. The van der Waals surface area contributed by atoms with E-state index in [9.17, 15) is 25.2 Å². The van der Waals surface area contributed by atoms with E-state index >= 15 is 0 Å². The predicted octanol–water partition coefficient (Wildman–Crippen LogP) is 4.56. The lowest BCUT2D eigenvalue weighted by molar-refractivity contribution is -0.302. The molecule has 0 amide bonds. The van der Waals surface area contributed by atoms with Crippen LogP contribution in [-0.4, -0.2) is 56.4 Å². The van der Waals surface area contributed by atoms with E-state index in [1.54, 1.807) is 0 Å². The van der Waals surface area contributed by atoms with Crippen molar-refractivity contribution in [1.82, 2.24) is 0 Å². The topological polar surface area (TPSA) is 107 Å². The van der Waals surface area contributed by atoms with Crippen LogP contribution >= 0.6 is 0 Å². The summed E-state index contributed by atoms with van der Waals surface area (Å²) in [5, 5.41) is 46.1. The van der Waals surface area contributed by atoms with E-state index in [2.05, 4.69) is 41.5 Å². The number of hydrogen-bond acceptors (Lipinski definition) is 6. The van der Waals surface area contributed by atoms with Gasteiger partial charge in [-0.25, -0.2) is 0 Å². The van der Waals surface area contributed by atoms with Gasteiger partial charge in [-0.3, -0.25) is 4.79 Å². The molecule has 15 unspecified atom stereocenters. The van der Waals surface area contributed by atoms with Crippen LogP contribution in [0.4, 0.5) is 0 Å². The van der Waals surface area contributed by atoms with E-state index in [-0.39, 0.29) is 24.2 Å². The number of esters is 1. The molecule has 0 aromatic heterocycles. The summed E-state index contributed by atoms with van der Waals surface area (Å²) in [6.07, 6.45) is 1.68. The Morgan fingerprint density at radius 3 is 2.21 bits per heavy atom. The highest BCUT2D eigenvalue weighted by atomic mass is 16.6. The molecule has 218 valence electrons. The van der Waals surface area contributed by atoms with Gasteiger partial charge >= 0.3 is 5.97 Å². The Labute approximate surface area is 229 Å². The highest BCUT2D eigenvalue weighted by Gasteiger charge is 2.73. The summed E-state index contributed by atoms with van der Waals surface area (Å²) < 4.78 is 6.04. The minimum absolute atomic E-state index is 0.0423. The molecule has 0 aromatic carbocycles. The van der Waals surface area contributed by atoms with Gasteiger partial charge in [-0.15, -0.1) is 0 Å². The minimum Gasteiger partial charge on any atom is -0.459 e. The first-order chi connectivity index (χ1) is 17.5. The summed E-state index contributed by atoms with van der Waals surface area (Å²) in [5.74, 6) is 2.22. The number of ether oxygens (including phenoxy) is 1. The van der Waals surface area contributed by atoms with Gasteiger partial charge in [-0.1, -0.05) is 48.5 Å². The predicted molar refractivity (Wildman–Crippen MR) is 146 cm³/mol. The number of hydrogen-bond donors (Lipinski definition) is 4. The smallest absolute Gasteiger partial charge is 0.303 e. The Balaban J connectivity index is 1.52. The highest BCUT2D eigenvalue weighted by Crippen LogP contribution is 2.72. The van der Waals surface area contributed by atoms with Crippen molar-refractivity contribution in [3.63, 3.8) is 0 Å². The number of fused-ring (bicyclic) bond motifs is 5. The lowest BCUT2D eigenvalue weighted by atomic mass is 9.41. The molecule has 5 aliphatic rings. The van der Waals surface area contributed by atoms with Gasteiger partial charge in [0.15, 0.2) is 0 Å². The normalized spacial score (nSPS) is 55.4. The van der Waals surface area contributed by atoms with Gasteiger partial charge in [0.2, 0.25) is 0 Å². The van der Waals surface area contributed by atoms with Gasteiger partial charge < -0.3 is 25.2 Å². The van der Waals surface area contributed by atoms with Crippen molar-refractivity contribution < 1.29 is 30.0 Å². The van der Waals surface area contributed by atoms with Crippen molar-refractivity contribution in [1.29, 1.82) is 0 Å². The molecule has 4 N–H and O–H groups in total. The van der Waals surface area contributed by atoms with Crippen LogP contribution in [0.15, 0.2) is 0 Å². The lowest BCUT2D eigenvalue weighted by Gasteiger charge is -2.67. The Morgan fingerprint density at radius 2 is 1.61 bits per heavy atom. The van der Waals surface area contributed by atoms with Crippen LogP contribution < -0.4 is 0 Å². The third-order valence-electron chi connectivity index (χ3n) is 13.9. The van der Waals surface area contributed by atoms with Gasteiger partial charge in [-0.2, -0.15) is 0 Å². The van der Waals surface area contributed by atoms with Crippen molar-refractivity contribution in [2.24, 2.45) is 63.6 Å². The summed E-state index contributed by atoms with van der Waals surface area (Å²) in [6, 6.07) is 0. The van der Waals surface area contributed by atoms with E-state index in [0.717, 1.165) is 12.8 Å². The Morgan fingerprint density at radius 1 is 0.947 bits per heavy atom. The van der Waals surface area contributed by atoms with Crippen molar-refractivity contribution >= 4 is 5.97 Å². The summed E-state index contributed by atoms with van der Waals surface area (Å²) >= 11 is 0. The summed E-state index contributed by atoms with van der Waals surface area (Å²) in [7, 11) is 0. The molecule has 6 heteroatoms. The second kappa shape index (κ2) is 9.16. The van der Waals surface area contributed by atoms with Crippen LogP contribution in [0, 0.1) is 63.6 Å². The molecule has 5 aliphatic carbocycles. The van der Waals surface area contributed by atoms with Crippen molar-refractivity contribution in [2.45, 2.75) is 130 Å². The molecule has 0 spiro atoms. The third kappa shape index (κ3) is 3.75. The maximum Gasteiger partial charge on any atom is 0.303 e. The molecule has 5 fully saturated rings. The van der Waals surface area contributed by atoms with Crippen LogP contribution in [0.3, 0.4) is 0 Å². The maximum atomic E-state index is 12.5. The molecular weight excluding hydrogens is 480 g/mol. The second-order valence-electron chi connectivity index (χ2n) is 15.6. The average molecular weight is 535 g/mol.